The maximum atomic E-state index is 13.3. The van der Waals surface area contributed by atoms with Crippen molar-refractivity contribution in [3.63, 3.8) is 0 Å². The van der Waals surface area contributed by atoms with Crippen molar-refractivity contribution in [1.82, 2.24) is 0 Å². The normalized spacial score (nSPS) is 16.6. The number of ketones is 1. The number of carbonyl (C=O) groups is 3. The van der Waals surface area contributed by atoms with Crippen molar-refractivity contribution in [3.05, 3.63) is 101 Å². The summed E-state index contributed by atoms with van der Waals surface area (Å²) in [6.45, 7) is 4.56. The lowest BCUT2D eigenvalue weighted by Crippen LogP contribution is -2.29. The lowest BCUT2D eigenvalue weighted by Gasteiger charge is -2.25. The van der Waals surface area contributed by atoms with Gasteiger partial charge >= 0.3 is 5.97 Å². The van der Waals surface area contributed by atoms with Crippen LogP contribution in [0, 0.1) is 0 Å². The Hall–Kier alpha value is -4.39. The Labute approximate surface area is 215 Å². The van der Waals surface area contributed by atoms with E-state index < -0.39 is 17.7 Å². The predicted octanol–water partition coefficient (Wildman–Crippen LogP) is 5.21. The molecule has 0 aliphatic carbocycles. The summed E-state index contributed by atoms with van der Waals surface area (Å²) in [6, 6.07) is 21.9. The smallest absolute Gasteiger partial charge is 0.310 e. The molecule has 0 spiro atoms. The average Bonchev–Trinajstić information content (AvgIpc) is 3.18. The van der Waals surface area contributed by atoms with E-state index in [1.165, 1.54) is 4.90 Å². The molecule has 1 N–H and O–H groups in total. The van der Waals surface area contributed by atoms with E-state index in [0.29, 0.717) is 35.8 Å². The van der Waals surface area contributed by atoms with Crippen LogP contribution in [0.1, 0.15) is 43.0 Å². The van der Waals surface area contributed by atoms with Crippen LogP contribution in [0.3, 0.4) is 0 Å². The zero-order chi connectivity index (χ0) is 26.4. The zero-order valence-corrected chi connectivity index (χ0v) is 20.8. The van der Waals surface area contributed by atoms with E-state index in [1.807, 2.05) is 37.3 Å². The molecule has 1 saturated heterocycles. The summed E-state index contributed by atoms with van der Waals surface area (Å²) in [5, 5.41) is 11.3. The summed E-state index contributed by atoms with van der Waals surface area (Å²) in [4.78, 5) is 39.9. The molecule has 37 heavy (non-hydrogen) atoms. The van der Waals surface area contributed by atoms with Crippen molar-refractivity contribution in [2.24, 2.45) is 0 Å². The maximum Gasteiger partial charge on any atom is 0.310 e. The predicted molar refractivity (Wildman–Crippen MR) is 140 cm³/mol. The minimum absolute atomic E-state index is 0.000517. The lowest BCUT2D eigenvalue weighted by atomic mass is 9.95. The quantitative estimate of drug-likeness (QED) is 0.188. The molecule has 1 aliphatic heterocycles. The van der Waals surface area contributed by atoms with E-state index in [0.717, 1.165) is 12.0 Å². The molecule has 190 valence electrons. The molecule has 1 amide bonds. The molecule has 1 unspecified atom stereocenters. The Morgan fingerprint density at radius 1 is 0.946 bits per heavy atom. The van der Waals surface area contributed by atoms with E-state index in [4.69, 9.17) is 9.47 Å². The fraction of sp³-hybridized carbons (Fsp3) is 0.233. The summed E-state index contributed by atoms with van der Waals surface area (Å²) < 4.78 is 10.7. The van der Waals surface area contributed by atoms with Crippen LogP contribution in [0.2, 0.25) is 0 Å². The van der Waals surface area contributed by atoms with Crippen molar-refractivity contribution in [1.29, 1.82) is 0 Å². The molecule has 3 aromatic carbocycles. The highest BCUT2D eigenvalue weighted by atomic mass is 16.5. The second-order valence-electron chi connectivity index (χ2n) is 8.60. The van der Waals surface area contributed by atoms with Gasteiger partial charge in [-0.2, -0.15) is 0 Å². The van der Waals surface area contributed by atoms with Crippen molar-refractivity contribution >= 4 is 29.1 Å². The van der Waals surface area contributed by atoms with Crippen LogP contribution in [-0.2, 0) is 25.5 Å². The topological polar surface area (TPSA) is 93.1 Å². The SMILES string of the molecule is CCCOc1cccc(/C(O)=C2/C(=O)C(=O)N(c3ccc(CC(=O)OCC)cc3)C2c2ccccc2)c1. The second-order valence-corrected chi connectivity index (χ2v) is 8.60. The number of Topliss-reactive ketones (excluding diaryl/α,β-unsaturated/α-hetero) is 1. The molecule has 3 aromatic rings. The van der Waals surface area contributed by atoms with Gasteiger partial charge in [0.15, 0.2) is 0 Å². The van der Waals surface area contributed by atoms with E-state index in [-0.39, 0.29) is 23.7 Å². The molecule has 0 bridgehead atoms. The molecule has 1 fully saturated rings. The first kappa shape index (κ1) is 25.7. The van der Waals surface area contributed by atoms with Gasteiger partial charge in [0.1, 0.15) is 11.5 Å². The molecule has 1 aliphatic rings. The molecule has 0 radical (unpaired) electrons. The number of anilines is 1. The third-order valence-electron chi connectivity index (χ3n) is 6.01. The number of esters is 1. The Morgan fingerprint density at radius 2 is 1.68 bits per heavy atom. The fourth-order valence-corrected chi connectivity index (χ4v) is 4.31. The first-order valence-corrected chi connectivity index (χ1v) is 12.3. The average molecular weight is 500 g/mol. The summed E-state index contributed by atoms with van der Waals surface area (Å²) in [6.07, 6.45) is 0.930. The molecular formula is C30H29NO6. The molecule has 4 rings (SSSR count). The third kappa shape index (κ3) is 5.56. The van der Waals surface area contributed by atoms with Gasteiger partial charge in [0.05, 0.1) is 31.2 Å². The van der Waals surface area contributed by atoms with Crippen LogP contribution in [0.15, 0.2) is 84.4 Å². The molecular weight excluding hydrogens is 470 g/mol. The van der Waals surface area contributed by atoms with E-state index >= 15 is 0 Å². The van der Waals surface area contributed by atoms with Gasteiger partial charge in [-0.15, -0.1) is 0 Å². The largest absolute Gasteiger partial charge is 0.507 e. The second kappa shape index (κ2) is 11.6. The number of hydrogen-bond donors (Lipinski definition) is 1. The van der Waals surface area contributed by atoms with Crippen molar-refractivity contribution in [3.8, 4) is 5.75 Å². The molecule has 0 aromatic heterocycles. The van der Waals surface area contributed by atoms with Crippen molar-refractivity contribution in [2.75, 3.05) is 18.1 Å². The molecule has 7 heteroatoms. The highest BCUT2D eigenvalue weighted by Gasteiger charge is 2.46. The van der Waals surface area contributed by atoms with Crippen LogP contribution < -0.4 is 9.64 Å². The number of hydrogen-bond acceptors (Lipinski definition) is 6. The van der Waals surface area contributed by atoms with E-state index in [9.17, 15) is 19.5 Å². The number of nitrogens with zero attached hydrogens (tertiary/aromatic N) is 1. The van der Waals surface area contributed by atoms with Crippen LogP contribution in [0.4, 0.5) is 5.69 Å². The monoisotopic (exact) mass is 499 g/mol. The van der Waals surface area contributed by atoms with Gasteiger partial charge in [-0.1, -0.05) is 61.5 Å². The fourth-order valence-electron chi connectivity index (χ4n) is 4.31. The minimum Gasteiger partial charge on any atom is -0.507 e. The van der Waals surface area contributed by atoms with Gasteiger partial charge in [0, 0.05) is 11.3 Å². The van der Waals surface area contributed by atoms with Crippen LogP contribution in [0.5, 0.6) is 5.75 Å². The van der Waals surface area contributed by atoms with Crippen LogP contribution in [0.25, 0.3) is 5.76 Å². The maximum absolute atomic E-state index is 13.3. The van der Waals surface area contributed by atoms with Crippen molar-refractivity contribution < 1.29 is 29.0 Å². The highest BCUT2D eigenvalue weighted by Crippen LogP contribution is 2.42. The Balaban J connectivity index is 1.77. The summed E-state index contributed by atoms with van der Waals surface area (Å²) in [5.41, 5.74) is 2.26. The zero-order valence-electron chi connectivity index (χ0n) is 20.8. The number of amides is 1. The number of aliphatic hydroxyl groups is 1. The molecule has 1 atom stereocenters. The number of ether oxygens (including phenoxy) is 2. The third-order valence-corrected chi connectivity index (χ3v) is 6.01. The molecule has 0 saturated carbocycles. The summed E-state index contributed by atoms with van der Waals surface area (Å²) in [7, 11) is 0. The van der Waals surface area contributed by atoms with Gasteiger partial charge in [-0.05, 0) is 48.7 Å². The Bertz CT molecular complexity index is 1310. The van der Waals surface area contributed by atoms with Gasteiger partial charge in [-0.25, -0.2) is 0 Å². The van der Waals surface area contributed by atoms with Gasteiger partial charge in [-0.3, -0.25) is 19.3 Å². The summed E-state index contributed by atoms with van der Waals surface area (Å²) >= 11 is 0. The molecule has 1 heterocycles. The van der Waals surface area contributed by atoms with E-state index in [2.05, 4.69) is 0 Å². The number of rotatable bonds is 9. The van der Waals surface area contributed by atoms with Crippen LogP contribution >= 0.6 is 0 Å². The summed E-state index contributed by atoms with van der Waals surface area (Å²) in [5.74, 6) is -1.57. The first-order valence-electron chi connectivity index (χ1n) is 12.3. The molecule has 7 nitrogen and oxygen atoms in total. The van der Waals surface area contributed by atoms with Gasteiger partial charge < -0.3 is 14.6 Å². The number of carbonyl (C=O) groups excluding carboxylic acids is 3. The van der Waals surface area contributed by atoms with Gasteiger partial charge in [0.2, 0.25) is 0 Å². The Morgan fingerprint density at radius 3 is 2.35 bits per heavy atom. The first-order chi connectivity index (χ1) is 17.9. The van der Waals surface area contributed by atoms with Crippen LogP contribution in [-0.4, -0.2) is 36.0 Å². The highest BCUT2D eigenvalue weighted by molar-refractivity contribution is 6.51. The van der Waals surface area contributed by atoms with E-state index in [1.54, 1.807) is 55.5 Å². The Kier molecular flexibility index (Phi) is 8.03. The van der Waals surface area contributed by atoms with Gasteiger partial charge in [0.25, 0.3) is 11.7 Å². The number of aliphatic hydroxyl groups excluding tert-OH is 1. The number of benzene rings is 3. The standard InChI is InChI=1S/C30H29NO6/c1-3-17-37-24-12-8-11-22(19-24)28(33)26-27(21-9-6-5-7-10-21)31(30(35)29(26)34)23-15-13-20(14-16-23)18-25(32)36-4-2/h5-16,19,27,33H,3-4,17-18H2,1-2H3/b28-26-. The van der Waals surface area contributed by atoms with Crippen molar-refractivity contribution in [2.45, 2.75) is 32.7 Å². The minimum atomic E-state index is -0.836. The lowest BCUT2D eigenvalue weighted by molar-refractivity contribution is -0.142.